The zero-order valence-electron chi connectivity index (χ0n) is 60.1. The number of aliphatic hydroxyl groups is 1. The summed E-state index contributed by atoms with van der Waals surface area (Å²) < 4.78 is 6.20. The smallest absolute Gasteiger partial charge is 0.246 e. The highest BCUT2D eigenvalue weighted by Crippen LogP contribution is 2.27. The summed E-state index contributed by atoms with van der Waals surface area (Å²) in [6.45, 7) is 32.8. The van der Waals surface area contributed by atoms with Crippen LogP contribution in [0.3, 0.4) is 0 Å². The van der Waals surface area contributed by atoms with Gasteiger partial charge in [-0.15, -0.1) is 0 Å². The molecule has 25 nitrogen and oxygen atoms in total. The van der Waals surface area contributed by atoms with Gasteiger partial charge in [0.25, 0.3) is 0 Å². The second-order valence-electron chi connectivity index (χ2n) is 27.8. The number of allylic oxidation sites excluding steroid dienone is 2. The Morgan fingerprint density at radius 2 is 1.02 bits per heavy atom. The standard InChI is InChI=1S/C66H118N12O13/c1-28-30-31-42(13)55(80)54-59(84)69-46(29-2)61(86)72(21)36-51(79)73(22)50(35-66(17,18)91-45(16)71(19)20)58(83)70-52(40(9)10)64(89)74(23)47(32-37(3)4)57(82)67-43(14)56(81)68-44(15)60(85)75(24)48(33-38(5)6)62(87)76(25)49(34-39(7)8)63(88)77(26)53(41(11)12)65(90)78(54)27/h28,30,37-44,46-50,52-55,80H,16,29,31-36H2,1-15,17-27H3,(H,67,82)(H,68,81)(H,69,84)(H,70,83)/b30-28+/t42-,43-,44+,46-,47-,48-,49+,50+,52-,53-,54?,55-/m1/s1. The van der Waals surface area contributed by atoms with Gasteiger partial charge in [-0.2, -0.15) is 0 Å². The summed E-state index contributed by atoms with van der Waals surface area (Å²) in [6.07, 6.45) is 2.58. The van der Waals surface area contributed by atoms with E-state index in [2.05, 4.69) is 27.8 Å². The molecule has 0 bridgehead atoms. The number of aliphatic hydroxyl groups excluding tert-OH is 1. The topological polar surface area (TPSA) is 291 Å². The van der Waals surface area contributed by atoms with Crippen molar-refractivity contribution in [2.45, 2.75) is 228 Å². The van der Waals surface area contributed by atoms with Crippen LogP contribution in [0.1, 0.15) is 156 Å². The molecular formula is C66H118N12O13. The van der Waals surface area contributed by atoms with Crippen molar-refractivity contribution in [1.82, 2.24) is 60.5 Å². The van der Waals surface area contributed by atoms with Gasteiger partial charge >= 0.3 is 0 Å². The van der Waals surface area contributed by atoms with Gasteiger partial charge in [0.15, 0.2) is 5.88 Å². The number of amides is 11. The van der Waals surface area contributed by atoms with Gasteiger partial charge in [0, 0.05) is 69.8 Å². The average molecular weight is 1290 g/mol. The number of likely N-dealkylation sites (N-methyl/N-ethyl adjacent to an activating group) is 7. The van der Waals surface area contributed by atoms with Crippen LogP contribution < -0.4 is 21.3 Å². The lowest BCUT2D eigenvalue weighted by Gasteiger charge is -2.41. The fraction of sp³-hybridized carbons (Fsp3) is 0.773. The maximum atomic E-state index is 15.2. The number of carbonyl (C=O) groups excluding carboxylic acids is 11. The van der Waals surface area contributed by atoms with Crippen LogP contribution >= 0.6 is 0 Å². The summed E-state index contributed by atoms with van der Waals surface area (Å²) in [7, 11) is 13.2. The van der Waals surface area contributed by atoms with E-state index in [1.807, 2.05) is 41.5 Å². The van der Waals surface area contributed by atoms with Crippen LogP contribution in [0.25, 0.3) is 0 Å². The predicted molar refractivity (Wildman–Crippen MR) is 352 cm³/mol. The fourth-order valence-corrected chi connectivity index (χ4v) is 11.1. The molecule has 1 aliphatic heterocycles. The van der Waals surface area contributed by atoms with Crippen molar-refractivity contribution in [3.63, 3.8) is 0 Å². The van der Waals surface area contributed by atoms with E-state index in [4.69, 9.17) is 4.74 Å². The molecule has 0 saturated carbocycles. The minimum Gasteiger partial charge on any atom is -0.474 e. The second-order valence-corrected chi connectivity index (χ2v) is 27.8. The lowest BCUT2D eigenvalue weighted by Crippen LogP contribution is -2.63. The first-order chi connectivity index (χ1) is 41.8. The maximum absolute atomic E-state index is 15.2. The van der Waals surface area contributed by atoms with Crippen molar-refractivity contribution in [1.29, 1.82) is 0 Å². The van der Waals surface area contributed by atoms with Crippen LogP contribution in [-0.2, 0) is 57.5 Å². The zero-order chi connectivity index (χ0) is 70.8. The first-order valence-electron chi connectivity index (χ1n) is 32.2. The van der Waals surface area contributed by atoms with Gasteiger partial charge in [-0.05, 0) is 109 Å². The summed E-state index contributed by atoms with van der Waals surface area (Å²) >= 11 is 0. The molecule has 1 heterocycles. The molecule has 91 heavy (non-hydrogen) atoms. The lowest BCUT2D eigenvalue weighted by atomic mass is 9.91. The van der Waals surface area contributed by atoms with E-state index in [-0.39, 0.29) is 55.7 Å². The molecule has 11 amide bonds. The SMILES string of the molecule is C=C(OC(C)(C)C[C@H]1C(=O)N[C@H](C(C)C)C(=O)N(C)[C@H](CC(C)C)C(=O)N[C@H](C)C(=O)N[C@@H](C)C(=O)N(C)[C@H](CC(C)C)C(=O)N(C)[C@@H](CC(C)C)C(=O)N(C)[C@H](C(C)C)C(=O)N(C)C([C@H](O)[C@H](C)C/C=C/C)C(=O)N[C@H](CC)C(=O)N(C)CC(=O)N1C)N(C)C. The molecule has 25 heteroatoms. The Hall–Kier alpha value is -6.79. The number of hydrogen-bond acceptors (Lipinski definition) is 14. The van der Waals surface area contributed by atoms with E-state index >= 15 is 14.4 Å². The number of nitrogens with one attached hydrogen (secondary N) is 4. The summed E-state index contributed by atoms with van der Waals surface area (Å²) in [5.74, 6) is -9.89. The van der Waals surface area contributed by atoms with Crippen LogP contribution in [0.4, 0.5) is 0 Å². The van der Waals surface area contributed by atoms with E-state index in [0.29, 0.717) is 6.42 Å². The normalized spacial score (nSPS) is 25.9. The average Bonchev–Trinajstić information content (AvgIpc) is 1.14. The molecule has 0 aromatic heterocycles. The van der Waals surface area contributed by atoms with Gasteiger partial charge in [-0.3, -0.25) is 52.7 Å². The minimum atomic E-state index is -1.64. The highest BCUT2D eigenvalue weighted by atomic mass is 16.5. The van der Waals surface area contributed by atoms with Crippen molar-refractivity contribution < 1.29 is 62.6 Å². The highest BCUT2D eigenvalue weighted by Gasteiger charge is 2.46. The monoisotopic (exact) mass is 1290 g/mol. The Kier molecular flexibility index (Phi) is 32.9. The van der Waals surface area contributed by atoms with E-state index in [1.165, 1.54) is 82.8 Å². The Balaban J connectivity index is 4.44. The number of hydrogen-bond donors (Lipinski definition) is 5. The maximum Gasteiger partial charge on any atom is 0.246 e. The first kappa shape index (κ1) is 82.2. The third-order valence-corrected chi connectivity index (χ3v) is 17.0. The predicted octanol–water partition coefficient (Wildman–Crippen LogP) is 3.44. The van der Waals surface area contributed by atoms with E-state index in [9.17, 15) is 43.5 Å². The molecule has 0 aromatic rings. The molecule has 1 aliphatic rings. The molecule has 1 unspecified atom stereocenters. The van der Waals surface area contributed by atoms with Gasteiger partial charge in [0.1, 0.15) is 66.0 Å². The molecular weight excluding hydrogens is 1170 g/mol. The van der Waals surface area contributed by atoms with E-state index in [1.54, 1.807) is 93.5 Å². The second kappa shape index (κ2) is 36.5. The number of ether oxygens (including phenoxy) is 1. The highest BCUT2D eigenvalue weighted by molar-refractivity contribution is 5.99. The third kappa shape index (κ3) is 23.4. The Morgan fingerprint density at radius 3 is 1.48 bits per heavy atom. The van der Waals surface area contributed by atoms with Crippen LogP contribution in [0.5, 0.6) is 0 Å². The molecule has 5 N–H and O–H groups in total. The summed E-state index contributed by atoms with van der Waals surface area (Å²) in [6, 6.07) is -12.9. The lowest BCUT2D eigenvalue weighted by molar-refractivity contribution is -0.157. The van der Waals surface area contributed by atoms with E-state index < -0.39 is 161 Å². The number of nitrogens with zero attached hydrogens (tertiary/aromatic N) is 8. The molecule has 1 fully saturated rings. The largest absolute Gasteiger partial charge is 0.474 e. The quantitative estimate of drug-likeness (QED) is 0.0971. The van der Waals surface area contributed by atoms with Crippen LogP contribution in [-0.4, -0.2) is 251 Å². The number of rotatable bonds is 18. The molecule has 12 atom stereocenters. The molecule has 0 aromatic carbocycles. The molecule has 1 rings (SSSR count). The fourth-order valence-electron chi connectivity index (χ4n) is 11.1. The Labute approximate surface area is 544 Å². The van der Waals surface area contributed by atoms with Crippen molar-refractivity contribution in [3.05, 3.63) is 24.6 Å². The van der Waals surface area contributed by atoms with Crippen molar-refractivity contribution >= 4 is 65.0 Å². The van der Waals surface area contributed by atoms with Crippen LogP contribution in [0.2, 0.25) is 0 Å². The van der Waals surface area contributed by atoms with Gasteiger partial charge in [-0.25, -0.2) is 0 Å². The van der Waals surface area contributed by atoms with Crippen LogP contribution in [0.15, 0.2) is 24.6 Å². The van der Waals surface area contributed by atoms with Crippen LogP contribution in [0, 0.1) is 35.5 Å². The summed E-state index contributed by atoms with van der Waals surface area (Å²) in [5, 5.41) is 23.2. The van der Waals surface area contributed by atoms with Crippen molar-refractivity contribution in [2.24, 2.45) is 35.5 Å². The van der Waals surface area contributed by atoms with Gasteiger partial charge in [0.2, 0.25) is 65.0 Å². The molecule has 520 valence electrons. The summed E-state index contributed by atoms with van der Waals surface area (Å²) in [4.78, 5) is 172. The van der Waals surface area contributed by atoms with E-state index in [0.717, 1.165) is 14.7 Å². The third-order valence-electron chi connectivity index (χ3n) is 17.0. The van der Waals surface area contributed by atoms with Crippen molar-refractivity contribution in [2.75, 3.05) is 70.0 Å². The minimum absolute atomic E-state index is 0.0109. The molecule has 1 saturated heterocycles. The Morgan fingerprint density at radius 1 is 0.571 bits per heavy atom. The molecule has 0 aliphatic carbocycles. The molecule has 0 radical (unpaired) electrons. The molecule has 0 spiro atoms. The van der Waals surface area contributed by atoms with Crippen molar-refractivity contribution in [3.8, 4) is 0 Å². The van der Waals surface area contributed by atoms with Gasteiger partial charge in [0.05, 0.1) is 12.6 Å². The first-order valence-corrected chi connectivity index (χ1v) is 32.2. The van der Waals surface area contributed by atoms with Gasteiger partial charge in [-0.1, -0.05) is 95.2 Å². The van der Waals surface area contributed by atoms with Gasteiger partial charge < -0.3 is 70.3 Å². The zero-order valence-corrected chi connectivity index (χ0v) is 60.1. The summed E-state index contributed by atoms with van der Waals surface area (Å²) in [5.41, 5.74) is -1.19. The Bertz CT molecular complexity index is 2550. The number of carbonyl (C=O) groups is 11.